The summed E-state index contributed by atoms with van der Waals surface area (Å²) in [6.07, 6.45) is 4.20. The molecule has 0 aliphatic rings. The Kier molecular flexibility index (Phi) is 5.16. The minimum atomic E-state index is 0.832. The summed E-state index contributed by atoms with van der Waals surface area (Å²) in [6, 6.07) is 8.40. The van der Waals surface area contributed by atoms with E-state index in [0.29, 0.717) is 0 Å². The molecule has 2 aromatic rings. The highest BCUT2D eigenvalue weighted by Crippen LogP contribution is 2.16. The van der Waals surface area contributed by atoms with Gasteiger partial charge in [0.05, 0.1) is 12.7 Å². The van der Waals surface area contributed by atoms with Gasteiger partial charge in [-0.1, -0.05) is 41.4 Å². The van der Waals surface area contributed by atoms with E-state index in [0.717, 1.165) is 30.4 Å². The zero-order valence-electron chi connectivity index (χ0n) is 11.5. The number of nitrogens with zero attached hydrogens (tertiary/aromatic N) is 2. The van der Waals surface area contributed by atoms with E-state index in [4.69, 9.17) is 0 Å². The van der Waals surface area contributed by atoms with Crippen LogP contribution in [-0.4, -0.2) is 16.8 Å². The van der Waals surface area contributed by atoms with Crippen LogP contribution < -0.4 is 5.32 Å². The maximum Gasteiger partial charge on any atom is 0.0663 e. The van der Waals surface area contributed by atoms with Crippen LogP contribution in [0.3, 0.4) is 0 Å². The number of hydrogen-bond acceptors (Lipinski definition) is 2. The van der Waals surface area contributed by atoms with Gasteiger partial charge in [0, 0.05) is 22.3 Å². The molecule has 1 aromatic heterocycles. The predicted octanol–water partition coefficient (Wildman–Crippen LogP) is 3.37. The normalized spacial score (nSPS) is 10.9. The Morgan fingerprint density at radius 2 is 2.21 bits per heavy atom. The number of nitrogens with one attached hydrogen (secondary N) is 1. The highest BCUT2D eigenvalue weighted by Gasteiger charge is 2.09. The molecule has 0 aliphatic carbocycles. The lowest BCUT2D eigenvalue weighted by Gasteiger charge is -2.09. The first-order chi connectivity index (χ1) is 9.24. The van der Waals surface area contributed by atoms with Gasteiger partial charge in [-0.05, 0) is 31.2 Å². The fraction of sp³-hybridized carbons (Fsp3) is 0.400. The molecule has 4 heteroatoms. The van der Waals surface area contributed by atoms with Gasteiger partial charge in [-0.25, -0.2) is 0 Å². The summed E-state index contributed by atoms with van der Waals surface area (Å²) in [5.41, 5.74) is 3.92. The number of rotatable bonds is 6. The largest absolute Gasteiger partial charge is 0.316 e. The molecule has 0 radical (unpaired) electrons. The van der Waals surface area contributed by atoms with Crippen LogP contribution in [-0.2, 0) is 19.5 Å². The predicted molar refractivity (Wildman–Crippen MR) is 82.2 cm³/mol. The van der Waals surface area contributed by atoms with Crippen molar-refractivity contribution in [2.75, 3.05) is 7.05 Å². The molecule has 1 aromatic carbocycles. The second kappa shape index (κ2) is 6.87. The van der Waals surface area contributed by atoms with E-state index < -0.39 is 0 Å². The number of halogens is 1. The third kappa shape index (κ3) is 3.67. The fourth-order valence-corrected chi connectivity index (χ4v) is 2.71. The monoisotopic (exact) mass is 321 g/mol. The second-order valence-electron chi connectivity index (χ2n) is 4.68. The molecule has 0 amide bonds. The van der Waals surface area contributed by atoms with E-state index in [9.17, 15) is 0 Å². The number of hydrogen-bond donors (Lipinski definition) is 1. The van der Waals surface area contributed by atoms with Crippen molar-refractivity contribution >= 4 is 15.9 Å². The molecule has 0 spiro atoms. The average molecular weight is 322 g/mol. The zero-order chi connectivity index (χ0) is 13.7. The van der Waals surface area contributed by atoms with Crippen molar-refractivity contribution in [3.8, 4) is 0 Å². The third-order valence-electron chi connectivity index (χ3n) is 3.11. The van der Waals surface area contributed by atoms with Crippen LogP contribution in [0.15, 0.2) is 34.9 Å². The van der Waals surface area contributed by atoms with Gasteiger partial charge in [-0.3, -0.25) is 4.68 Å². The Morgan fingerprint density at radius 3 is 2.89 bits per heavy atom. The molecule has 1 heterocycles. The maximum absolute atomic E-state index is 4.54. The zero-order valence-corrected chi connectivity index (χ0v) is 13.1. The minimum Gasteiger partial charge on any atom is -0.316 e. The molecule has 0 saturated carbocycles. The quantitative estimate of drug-likeness (QED) is 0.884. The maximum atomic E-state index is 4.54. The highest BCUT2D eigenvalue weighted by atomic mass is 79.9. The van der Waals surface area contributed by atoms with E-state index in [1.54, 1.807) is 0 Å². The van der Waals surface area contributed by atoms with Crippen molar-refractivity contribution < 1.29 is 0 Å². The van der Waals surface area contributed by atoms with Crippen molar-refractivity contribution in [2.24, 2.45) is 0 Å². The van der Waals surface area contributed by atoms with Gasteiger partial charge < -0.3 is 5.32 Å². The van der Waals surface area contributed by atoms with Crippen LogP contribution in [0.5, 0.6) is 0 Å². The number of aromatic nitrogens is 2. The Hall–Kier alpha value is -1.13. The van der Waals surface area contributed by atoms with Crippen LogP contribution in [0, 0.1) is 0 Å². The molecule has 0 atom stereocenters. The molecule has 0 fully saturated rings. The molecule has 0 bridgehead atoms. The molecule has 1 N–H and O–H groups in total. The molecule has 102 valence electrons. The van der Waals surface area contributed by atoms with Crippen molar-refractivity contribution in [3.63, 3.8) is 0 Å². The highest BCUT2D eigenvalue weighted by molar-refractivity contribution is 9.10. The molecule has 2 rings (SSSR count). The minimum absolute atomic E-state index is 0.832. The molecular weight excluding hydrogens is 302 g/mol. The summed E-state index contributed by atoms with van der Waals surface area (Å²) in [6.45, 7) is 3.92. The van der Waals surface area contributed by atoms with Crippen LogP contribution in [0.25, 0.3) is 0 Å². The first-order valence-electron chi connectivity index (χ1n) is 6.67. The van der Waals surface area contributed by atoms with Gasteiger partial charge in [0.25, 0.3) is 0 Å². The Labute approximate surface area is 123 Å². The van der Waals surface area contributed by atoms with Crippen molar-refractivity contribution in [2.45, 2.75) is 32.9 Å². The van der Waals surface area contributed by atoms with Crippen molar-refractivity contribution in [1.29, 1.82) is 0 Å². The summed E-state index contributed by atoms with van der Waals surface area (Å²) >= 11 is 3.52. The first-order valence-corrected chi connectivity index (χ1v) is 7.46. The summed E-state index contributed by atoms with van der Waals surface area (Å²) in [4.78, 5) is 0. The van der Waals surface area contributed by atoms with Crippen LogP contribution in [0.1, 0.15) is 30.2 Å². The smallest absolute Gasteiger partial charge is 0.0663 e. The molecule has 3 nitrogen and oxygen atoms in total. The van der Waals surface area contributed by atoms with Gasteiger partial charge in [-0.15, -0.1) is 0 Å². The molecule has 19 heavy (non-hydrogen) atoms. The van der Waals surface area contributed by atoms with Crippen LogP contribution in [0.4, 0.5) is 0 Å². The number of benzene rings is 1. The lowest BCUT2D eigenvalue weighted by Crippen LogP contribution is -2.10. The Morgan fingerprint density at radius 1 is 1.37 bits per heavy atom. The first kappa shape index (κ1) is 14.3. The molecule has 0 aliphatic heterocycles. The van der Waals surface area contributed by atoms with Crippen LogP contribution >= 0.6 is 15.9 Å². The van der Waals surface area contributed by atoms with Crippen molar-refractivity contribution in [3.05, 3.63) is 51.8 Å². The molecular formula is C15H20BrN3. The Bertz CT molecular complexity index is 534. The third-order valence-corrected chi connectivity index (χ3v) is 3.60. The van der Waals surface area contributed by atoms with E-state index in [2.05, 4.69) is 56.2 Å². The van der Waals surface area contributed by atoms with E-state index in [-0.39, 0.29) is 0 Å². The fourth-order valence-electron chi connectivity index (χ4n) is 2.26. The van der Waals surface area contributed by atoms with E-state index in [1.807, 2.05) is 19.3 Å². The molecule has 0 saturated heterocycles. The standard InChI is InChI=1S/C15H20BrN3/c1-3-5-15-13(9-17-2)10-18-19(15)11-12-6-4-7-14(16)8-12/h4,6-8,10,17H,3,5,9,11H2,1-2H3. The van der Waals surface area contributed by atoms with Gasteiger partial charge >= 0.3 is 0 Å². The van der Waals surface area contributed by atoms with Gasteiger partial charge in [0.15, 0.2) is 0 Å². The van der Waals surface area contributed by atoms with E-state index in [1.165, 1.54) is 16.8 Å². The SMILES string of the molecule is CCCc1c(CNC)cnn1Cc1cccc(Br)c1. The molecule has 0 unspecified atom stereocenters. The topological polar surface area (TPSA) is 29.9 Å². The van der Waals surface area contributed by atoms with Crippen LogP contribution in [0.2, 0.25) is 0 Å². The summed E-state index contributed by atoms with van der Waals surface area (Å²) in [7, 11) is 1.97. The van der Waals surface area contributed by atoms with Crippen molar-refractivity contribution in [1.82, 2.24) is 15.1 Å². The second-order valence-corrected chi connectivity index (χ2v) is 5.60. The Balaban J connectivity index is 2.24. The van der Waals surface area contributed by atoms with Gasteiger partial charge in [0.2, 0.25) is 0 Å². The lowest BCUT2D eigenvalue weighted by molar-refractivity contribution is 0.632. The van der Waals surface area contributed by atoms with Gasteiger partial charge in [-0.2, -0.15) is 5.10 Å². The average Bonchev–Trinajstić information content (AvgIpc) is 2.74. The van der Waals surface area contributed by atoms with Gasteiger partial charge in [0.1, 0.15) is 0 Å². The lowest BCUT2D eigenvalue weighted by atomic mass is 10.1. The summed E-state index contributed by atoms with van der Waals surface area (Å²) in [5.74, 6) is 0. The summed E-state index contributed by atoms with van der Waals surface area (Å²) < 4.78 is 3.24. The summed E-state index contributed by atoms with van der Waals surface area (Å²) in [5, 5.41) is 7.75. The van der Waals surface area contributed by atoms with E-state index >= 15 is 0 Å².